The fraction of sp³-hybridized carbons (Fsp3) is 0.143. The average molecular weight is 183 g/mol. The first-order valence-electron chi connectivity index (χ1n) is 3.49. The largest absolute Gasteiger partial charge is 0.371 e. The van der Waals surface area contributed by atoms with Gasteiger partial charge in [-0.1, -0.05) is 11.6 Å². The van der Waals surface area contributed by atoms with E-state index in [0.717, 1.165) is 11.3 Å². The fourth-order valence-electron chi connectivity index (χ4n) is 1.08. The van der Waals surface area contributed by atoms with Gasteiger partial charge in [0.25, 0.3) is 0 Å². The molecule has 0 saturated carbocycles. The lowest BCUT2D eigenvalue weighted by Crippen LogP contribution is -1.97. The van der Waals surface area contributed by atoms with Gasteiger partial charge in [0.15, 0.2) is 5.82 Å². The Bertz CT molecular complexity index is 409. The lowest BCUT2D eigenvalue weighted by Gasteiger charge is -2.01. The highest BCUT2D eigenvalue weighted by Crippen LogP contribution is 2.15. The Morgan fingerprint density at radius 1 is 1.58 bits per heavy atom. The standard InChI is InChI=1S/C7H7ClN4/c1-9-7-5-2-3-10-12(5)4-6(8)11-7/h2-4H,1H3,(H,9,11). The van der Waals surface area contributed by atoms with Crippen molar-refractivity contribution in [2.45, 2.75) is 0 Å². The quantitative estimate of drug-likeness (QED) is 0.726. The van der Waals surface area contributed by atoms with Crippen molar-refractivity contribution in [1.29, 1.82) is 0 Å². The first kappa shape index (κ1) is 7.36. The summed E-state index contributed by atoms with van der Waals surface area (Å²) in [6.07, 6.45) is 3.37. The van der Waals surface area contributed by atoms with Crippen molar-refractivity contribution in [3.05, 3.63) is 23.6 Å². The number of anilines is 1. The average Bonchev–Trinajstić information content (AvgIpc) is 2.50. The van der Waals surface area contributed by atoms with E-state index >= 15 is 0 Å². The Balaban J connectivity index is 2.80. The summed E-state index contributed by atoms with van der Waals surface area (Å²) in [4.78, 5) is 4.09. The number of rotatable bonds is 1. The molecule has 2 rings (SSSR count). The van der Waals surface area contributed by atoms with Crippen LogP contribution in [0, 0.1) is 0 Å². The number of hydrogen-bond donors (Lipinski definition) is 1. The monoisotopic (exact) mass is 182 g/mol. The summed E-state index contributed by atoms with van der Waals surface area (Å²) in [6.45, 7) is 0. The van der Waals surface area contributed by atoms with Crippen molar-refractivity contribution >= 4 is 22.9 Å². The van der Waals surface area contributed by atoms with Crippen molar-refractivity contribution in [2.75, 3.05) is 12.4 Å². The maximum atomic E-state index is 5.75. The van der Waals surface area contributed by atoms with Crippen LogP contribution < -0.4 is 5.32 Å². The van der Waals surface area contributed by atoms with Crippen molar-refractivity contribution in [3.63, 3.8) is 0 Å². The summed E-state index contributed by atoms with van der Waals surface area (Å²) >= 11 is 5.75. The molecule has 2 aromatic rings. The topological polar surface area (TPSA) is 42.2 Å². The van der Waals surface area contributed by atoms with Gasteiger partial charge in [0.1, 0.15) is 10.7 Å². The molecule has 0 radical (unpaired) electrons. The highest BCUT2D eigenvalue weighted by atomic mass is 35.5. The van der Waals surface area contributed by atoms with Gasteiger partial charge in [0.2, 0.25) is 0 Å². The molecule has 0 fully saturated rings. The smallest absolute Gasteiger partial charge is 0.153 e. The second-order valence-corrected chi connectivity index (χ2v) is 2.71. The molecule has 0 spiro atoms. The van der Waals surface area contributed by atoms with E-state index in [1.807, 2.05) is 6.07 Å². The van der Waals surface area contributed by atoms with Gasteiger partial charge >= 0.3 is 0 Å². The molecule has 0 aliphatic rings. The molecular weight excluding hydrogens is 176 g/mol. The van der Waals surface area contributed by atoms with Crippen molar-refractivity contribution in [2.24, 2.45) is 0 Å². The molecular formula is C7H7ClN4. The molecule has 4 nitrogen and oxygen atoms in total. The van der Waals surface area contributed by atoms with Gasteiger partial charge in [-0.25, -0.2) is 9.50 Å². The molecule has 0 aromatic carbocycles. The minimum absolute atomic E-state index is 0.426. The van der Waals surface area contributed by atoms with Gasteiger partial charge in [0, 0.05) is 7.05 Å². The third-order valence-electron chi connectivity index (χ3n) is 1.60. The van der Waals surface area contributed by atoms with Gasteiger partial charge in [-0.3, -0.25) is 0 Å². The van der Waals surface area contributed by atoms with Gasteiger partial charge < -0.3 is 5.32 Å². The summed E-state index contributed by atoms with van der Waals surface area (Å²) in [5.74, 6) is 0.736. The van der Waals surface area contributed by atoms with E-state index in [9.17, 15) is 0 Å². The molecule has 0 aliphatic carbocycles. The van der Waals surface area contributed by atoms with Crippen LogP contribution in [0.25, 0.3) is 5.52 Å². The van der Waals surface area contributed by atoms with Crippen LogP contribution >= 0.6 is 11.6 Å². The normalized spacial score (nSPS) is 10.5. The molecule has 5 heteroatoms. The maximum Gasteiger partial charge on any atom is 0.153 e. The maximum absolute atomic E-state index is 5.75. The molecule has 2 heterocycles. The van der Waals surface area contributed by atoms with E-state index in [1.54, 1.807) is 24.0 Å². The van der Waals surface area contributed by atoms with E-state index in [-0.39, 0.29) is 0 Å². The zero-order chi connectivity index (χ0) is 8.55. The molecule has 0 atom stereocenters. The summed E-state index contributed by atoms with van der Waals surface area (Å²) in [5, 5.41) is 7.41. The van der Waals surface area contributed by atoms with E-state index in [4.69, 9.17) is 11.6 Å². The van der Waals surface area contributed by atoms with Gasteiger partial charge in [0.05, 0.1) is 12.4 Å². The van der Waals surface area contributed by atoms with Gasteiger partial charge in [-0.2, -0.15) is 5.10 Å². The number of halogens is 1. The third kappa shape index (κ3) is 1.00. The Hall–Kier alpha value is -1.29. The van der Waals surface area contributed by atoms with Crippen LogP contribution in [-0.2, 0) is 0 Å². The Morgan fingerprint density at radius 3 is 3.17 bits per heavy atom. The second kappa shape index (κ2) is 2.64. The van der Waals surface area contributed by atoms with Crippen molar-refractivity contribution < 1.29 is 0 Å². The third-order valence-corrected chi connectivity index (χ3v) is 1.78. The molecule has 0 bridgehead atoms. The van der Waals surface area contributed by atoms with Crippen LogP contribution in [0.1, 0.15) is 0 Å². The number of aromatic nitrogens is 3. The predicted molar refractivity (Wildman–Crippen MR) is 47.5 cm³/mol. The summed E-state index contributed by atoms with van der Waals surface area (Å²) in [5.41, 5.74) is 0.918. The molecule has 2 aromatic heterocycles. The minimum Gasteiger partial charge on any atom is -0.371 e. The highest BCUT2D eigenvalue weighted by Gasteiger charge is 2.02. The zero-order valence-electron chi connectivity index (χ0n) is 6.45. The first-order chi connectivity index (χ1) is 5.81. The first-order valence-corrected chi connectivity index (χ1v) is 3.86. The van der Waals surface area contributed by atoms with Gasteiger partial charge in [-0.05, 0) is 6.07 Å². The zero-order valence-corrected chi connectivity index (χ0v) is 7.21. The van der Waals surface area contributed by atoms with Crippen LogP contribution in [0.5, 0.6) is 0 Å². The van der Waals surface area contributed by atoms with Crippen molar-refractivity contribution in [3.8, 4) is 0 Å². The SMILES string of the molecule is CNc1nc(Cl)cn2nccc12. The predicted octanol–water partition coefficient (Wildman–Crippen LogP) is 1.42. The Labute approximate surface area is 74.2 Å². The molecule has 0 amide bonds. The molecule has 62 valence electrons. The second-order valence-electron chi connectivity index (χ2n) is 2.32. The Kier molecular flexibility index (Phi) is 1.62. The fourth-order valence-corrected chi connectivity index (χ4v) is 1.26. The summed E-state index contributed by atoms with van der Waals surface area (Å²) in [6, 6.07) is 1.87. The van der Waals surface area contributed by atoms with E-state index in [2.05, 4.69) is 15.4 Å². The number of nitrogens with zero attached hydrogens (tertiary/aromatic N) is 3. The molecule has 1 N–H and O–H groups in total. The lowest BCUT2D eigenvalue weighted by atomic mass is 10.5. The lowest BCUT2D eigenvalue weighted by molar-refractivity contribution is 0.947. The van der Waals surface area contributed by atoms with Crippen LogP contribution in [0.2, 0.25) is 5.15 Å². The van der Waals surface area contributed by atoms with Crippen LogP contribution in [0.4, 0.5) is 5.82 Å². The van der Waals surface area contributed by atoms with E-state index < -0.39 is 0 Å². The molecule has 0 saturated heterocycles. The Morgan fingerprint density at radius 2 is 2.42 bits per heavy atom. The van der Waals surface area contributed by atoms with Crippen LogP contribution in [-0.4, -0.2) is 21.6 Å². The highest BCUT2D eigenvalue weighted by molar-refractivity contribution is 6.29. The van der Waals surface area contributed by atoms with Crippen LogP contribution in [0.3, 0.4) is 0 Å². The molecule has 12 heavy (non-hydrogen) atoms. The van der Waals surface area contributed by atoms with Crippen LogP contribution in [0.15, 0.2) is 18.5 Å². The number of fused-ring (bicyclic) bond motifs is 1. The molecule has 0 unspecified atom stereocenters. The molecule has 0 aliphatic heterocycles. The summed E-state index contributed by atoms with van der Waals surface area (Å²) in [7, 11) is 1.80. The van der Waals surface area contributed by atoms with Gasteiger partial charge in [-0.15, -0.1) is 0 Å². The number of hydrogen-bond acceptors (Lipinski definition) is 3. The number of nitrogens with one attached hydrogen (secondary N) is 1. The minimum atomic E-state index is 0.426. The van der Waals surface area contributed by atoms with E-state index in [0.29, 0.717) is 5.15 Å². The summed E-state index contributed by atoms with van der Waals surface area (Å²) < 4.78 is 1.68. The van der Waals surface area contributed by atoms with E-state index in [1.165, 1.54) is 0 Å². The van der Waals surface area contributed by atoms with Crippen molar-refractivity contribution in [1.82, 2.24) is 14.6 Å².